The lowest BCUT2D eigenvalue weighted by Crippen LogP contribution is -2.20. The lowest BCUT2D eigenvalue weighted by molar-refractivity contribution is -0.115. The van der Waals surface area contributed by atoms with E-state index >= 15 is 0 Å². The fraction of sp³-hybridized carbons (Fsp3) is 0.105. The Balaban J connectivity index is 1.56. The molecule has 0 atom stereocenters. The van der Waals surface area contributed by atoms with Gasteiger partial charge in [-0.3, -0.25) is 10.1 Å². The molecule has 3 amide bonds. The van der Waals surface area contributed by atoms with Crippen LogP contribution in [0.1, 0.15) is 5.69 Å². The average molecular weight is 479 g/mol. The van der Waals surface area contributed by atoms with Crippen molar-refractivity contribution < 1.29 is 18.7 Å². The maximum Gasteiger partial charge on any atom is 0.325 e. The predicted molar refractivity (Wildman–Crippen MR) is 114 cm³/mol. The molecule has 29 heavy (non-hydrogen) atoms. The standard InChI is InChI=1S/C19H16BrFN4O3S/c1-28-16-5-3-2-4-15(16)24-18(27)25-19-22-12(10-29-19)9-17(26)23-14-7-6-11(20)8-13(14)21/h2-8,10H,9H2,1H3,(H,23,26)(H2,22,24,25,27). The molecule has 3 aromatic rings. The first kappa shape index (κ1) is 20.7. The van der Waals surface area contributed by atoms with E-state index in [2.05, 4.69) is 36.9 Å². The molecule has 150 valence electrons. The Morgan fingerprint density at radius 2 is 1.93 bits per heavy atom. The zero-order valence-corrected chi connectivity index (χ0v) is 17.6. The minimum Gasteiger partial charge on any atom is -0.495 e. The number of methoxy groups -OCH3 is 1. The van der Waals surface area contributed by atoms with Crippen LogP contribution in [-0.2, 0) is 11.2 Å². The Bertz CT molecular complexity index is 1040. The normalized spacial score (nSPS) is 10.3. The molecule has 0 bridgehead atoms. The first-order chi connectivity index (χ1) is 13.9. The summed E-state index contributed by atoms with van der Waals surface area (Å²) >= 11 is 4.34. The number of amides is 3. The third kappa shape index (κ3) is 5.75. The van der Waals surface area contributed by atoms with E-state index in [1.54, 1.807) is 35.7 Å². The molecule has 7 nitrogen and oxygen atoms in total. The monoisotopic (exact) mass is 478 g/mol. The number of urea groups is 1. The summed E-state index contributed by atoms with van der Waals surface area (Å²) < 4.78 is 19.6. The van der Waals surface area contributed by atoms with E-state index in [1.165, 1.54) is 30.6 Å². The van der Waals surface area contributed by atoms with Gasteiger partial charge in [-0.15, -0.1) is 11.3 Å². The number of ether oxygens (including phenoxy) is 1. The van der Waals surface area contributed by atoms with Crippen molar-refractivity contribution in [3.05, 3.63) is 63.8 Å². The third-order valence-electron chi connectivity index (χ3n) is 3.67. The van der Waals surface area contributed by atoms with Crippen molar-refractivity contribution in [2.45, 2.75) is 6.42 Å². The summed E-state index contributed by atoms with van der Waals surface area (Å²) in [4.78, 5) is 28.5. The Morgan fingerprint density at radius 1 is 1.14 bits per heavy atom. The van der Waals surface area contributed by atoms with E-state index in [9.17, 15) is 14.0 Å². The molecule has 0 aliphatic rings. The summed E-state index contributed by atoms with van der Waals surface area (Å²) in [5, 5.41) is 9.75. The van der Waals surface area contributed by atoms with Crippen LogP contribution >= 0.6 is 27.3 Å². The molecule has 0 spiro atoms. The number of para-hydroxylation sites is 2. The van der Waals surface area contributed by atoms with Gasteiger partial charge in [0.25, 0.3) is 0 Å². The maximum atomic E-state index is 13.8. The number of nitrogens with one attached hydrogen (secondary N) is 3. The maximum absolute atomic E-state index is 13.8. The van der Waals surface area contributed by atoms with Gasteiger partial charge in [-0.25, -0.2) is 14.2 Å². The minimum absolute atomic E-state index is 0.0538. The molecule has 0 radical (unpaired) electrons. The summed E-state index contributed by atoms with van der Waals surface area (Å²) in [6.07, 6.45) is -0.0538. The molecular formula is C19H16BrFN4O3S. The zero-order valence-electron chi connectivity index (χ0n) is 15.2. The van der Waals surface area contributed by atoms with Gasteiger partial charge in [0.15, 0.2) is 5.13 Å². The van der Waals surface area contributed by atoms with E-state index in [4.69, 9.17) is 4.74 Å². The fourth-order valence-electron chi connectivity index (χ4n) is 2.39. The molecule has 3 rings (SSSR count). The van der Waals surface area contributed by atoms with E-state index in [0.717, 1.165) is 0 Å². The van der Waals surface area contributed by atoms with Gasteiger partial charge in [-0.1, -0.05) is 28.1 Å². The fourth-order valence-corrected chi connectivity index (χ4v) is 3.43. The predicted octanol–water partition coefficient (Wildman–Crippen LogP) is 4.88. The van der Waals surface area contributed by atoms with Gasteiger partial charge in [-0.05, 0) is 30.3 Å². The molecule has 0 aliphatic carbocycles. The van der Waals surface area contributed by atoms with Crippen LogP contribution in [0.5, 0.6) is 5.75 Å². The number of carbonyl (C=O) groups is 2. The minimum atomic E-state index is -0.540. The van der Waals surface area contributed by atoms with Gasteiger partial charge in [-0.2, -0.15) is 0 Å². The van der Waals surface area contributed by atoms with E-state index < -0.39 is 17.8 Å². The number of hydrogen-bond donors (Lipinski definition) is 3. The van der Waals surface area contributed by atoms with Gasteiger partial charge in [0.05, 0.1) is 30.6 Å². The highest BCUT2D eigenvalue weighted by atomic mass is 79.9. The van der Waals surface area contributed by atoms with Crippen molar-refractivity contribution in [2.75, 3.05) is 23.1 Å². The van der Waals surface area contributed by atoms with E-state index in [1.807, 2.05) is 0 Å². The van der Waals surface area contributed by atoms with Gasteiger partial charge in [0.1, 0.15) is 11.6 Å². The number of carbonyl (C=O) groups excluding carboxylic acids is 2. The molecule has 1 heterocycles. The molecule has 3 N–H and O–H groups in total. The lowest BCUT2D eigenvalue weighted by atomic mass is 10.2. The molecule has 10 heteroatoms. The number of aromatic nitrogens is 1. The van der Waals surface area contributed by atoms with Crippen LogP contribution in [0.15, 0.2) is 52.3 Å². The highest BCUT2D eigenvalue weighted by Gasteiger charge is 2.13. The number of nitrogens with zero attached hydrogens (tertiary/aromatic N) is 1. The second kappa shape index (κ2) is 9.48. The number of benzene rings is 2. The zero-order chi connectivity index (χ0) is 20.8. The summed E-state index contributed by atoms with van der Waals surface area (Å²) in [5.41, 5.74) is 1.06. The smallest absolute Gasteiger partial charge is 0.325 e. The molecule has 0 saturated carbocycles. The van der Waals surface area contributed by atoms with Crippen LogP contribution in [0.4, 0.5) is 25.7 Å². The molecular weight excluding hydrogens is 463 g/mol. The number of halogens is 2. The van der Waals surface area contributed by atoms with Crippen molar-refractivity contribution in [2.24, 2.45) is 0 Å². The second-order valence-corrected chi connectivity index (χ2v) is 7.55. The Hall–Kier alpha value is -2.98. The van der Waals surface area contributed by atoms with Crippen molar-refractivity contribution in [3.63, 3.8) is 0 Å². The molecule has 2 aromatic carbocycles. The van der Waals surface area contributed by atoms with Crippen molar-refractivity contribution in [3.8, 4) is 5.75 Å². The van der Waals surface area contributed by atoms with Gasteiger partial charge >= 0.3 is 6.03 Å². The van der Waals surface area contributed by atoms with Gasteiger partial charge < -0.3 is 15.4 Å². The first-order valence-electron chi connectivity index (χ1n) is 8.35. The van der Waals surface area contributed by atoms with Crippen LogP contribution in [0.3, 0.4) is 0 Å². The molecule has 0 saturated heterocycles. The van der Waals surface area contributed by atoms with Crippen molar-refractivity contribution in [1.29, 1.82) is 0 Å². The Kier molecular flexibility index (Phi) is 6.78. The van der Waals surface area contributed by atoms with Crippen molar-refractivity contribution in [1.82, 2.24) is 4.98 Å². The molecule has 0 aliphatic heterocycles. The Labute approximate surface area is 178 Å². The SMILES string of the molecule is COc1ccccc1NC(=O)Nc1nc(CC(=O)Nc2ccc(Br)cc2F)cs1. The lowest BCUT2D eigenvalue weighted by Gasteiger charge is -2.09. The summed E-state index contributed by atoms with van der Waals surface area (Å²) in [7, 11) is 1.51. The van der Waals surface area contributed by atoms with Crippen molar-refractivity contribution >= 4 is 55.7 Å². The largest absolute Gasteiger partial charge is 0.495 e. The quantitative estimate of drug-likeness (QED) is 0.470. The number of anilines is 3. The molecule has 0 unspecified atom stereocenters. The third-order valence-corrected chi connectivity index (χ3v) is 4.97. The van der Waals surface area contributed by atoms with E-state index in [-0.39, 0.29) is 12.1 Å². The summed E-state index contributed by atoms with van der Waals surface area (Å²) in [6.45, 7) is 0. The summed E-state index contributed by atoms with van der Waals surface area (Å²) in [5.74, 6) is -0.428. The van der Waals surface area contributed by atoms with Crippen LogP contribution < -0.4 is 20.7 Å². The Morgan fingerprint density at radius 3 is 2.69 bits per heavy atom. The second-order valence-electron chi connectivity index (χ2n) is 5.77. The first-order valence-corrected chi connectivity index (χ1v) is 10.0. The van der Waals surface area contributed by atoms with Gasteiger partial charge in [0, 0.05) is 9.85 Å². The average Bonchev–Trinajstić information content (AvgIpc) is 3.11. The number of hydrogen-bond acceptors (Lipinski definition) is 5. The molecule has 0 fully saturated rings. The van der Waals surface area contributed by atoms with Crippen LogP contribution in [0.2, 0.25) is 0 Å². The topological polar surface area (TPSA) is 92.3 Å². The highest BCUT2D eigenvalue weighted by Crippen LogP contribution is 2.24. The van der Waals surface area contributed by atoms with Crippen LogP contribution in [0, 0.1) is 5.82 Å². The van der Waals surface area contributed by atoms with Crippen LogP contribution in [0.25, 0.3) is 0 Å². The van der Waals surface area contributed by atoms with Crippen LogP contribution in [-0.4, -0.2) is 24.0 Å². The summed E-state index contributed by atoms with van der Waals surface area (Å²) in [6, 6.07) is 10.9. The highest BCUT2D eigenvalue weighted by molar-refractivity contribution is 9.10. The van der Waals surface area contributed by atoms with Gasteiger partial charge in [0.2, 0.25) is 5.91 Å². The molecule has 1 aromatic heterocycles. The number of thiazole rings is 1. The van der Waals surface area contributed by atoms with E-state index in [0.29, 0.717) is 26.7 Å². The number of rotatable bonds is 6.